The van der Waals surface area contributed by atoms with Gasteiger partial charge in [0.15, 0.2) is 6.04 Å². The van der Waals surface area contributed by atoms with E-state index in [2.05, 4.69) is 5.32 Å². The van der Waals surface area contributed by atoms with Crippen LogP contribution in [0.2, 0.25) is 0 Å². The van der Waals surface area contributed by atoms with E-state index in [0.717, 1.165) is 11.8 Å². The van der Waals surface area contributed by atoms with Crippen LogP contribution >= 0.6 is 0 Å². The van der Waals surface area contributed by atoms with Crippen LogP contribution in [0.4, 0.5) is 4.79 Å². The Morgan fingerprint density at radius 3 is 2.17 bits per heavy atom. The van der Waals surface area contributed by atoms with Crippen molar-refractivity contribution >= 4 is 22.2 Å². The number of amides is 1. The van der Waals surface area contributed by atoms with Crippen molar-refractivity contribution in [2.45, 2.75) is 32.6 Å². The lowest BCUT2D eigenvalue weighted by Gasteiger charge is -2.19. The van der Waals surface area contributed by atoms with Crippen LogP contribution in [0.5, 0.6) is 5.75 Å². The summed E-state index contributed by atoms with van der Waals surface area (Å²) in [7, 11) is -3.68. The smallest absolute Gasteiger partial charge is 0.408 e. The number of rotatable bonds is 8. The van der Waals surface area contributed by atoms with Crippen LogP contribution in [-0.2, 0) is 31.0 Å². The van der Waals surface area contributed by atoms with Gasteiger partial charge in [-0.2, -0.15) is 8.42 Å². The molecule has 0 bridgehead atoms. The van der Waals surface area contributed by atoms with Crippen LogP contribution in [-0.4, -0.2) is 32.8 Å². The molecule has 0 saturated carbocycles. The molecular formula is C20H23NO7S. The van der Waals surface area contributed by atoms with Gasteiger partial charge in [0.25, 0.3) is 0 Å². The van der Waals surface area contributed by atoms with Crippen LogP contribution < -0.4 is 9.50 Å². The summed E-state index contributed by atoms with van der Waals surface area (Å²) < 4.78 is 37.6. The average molecular weight is 421 g/mol. The third kappa shape index (κ3) is 7.82. The number of esters is 1. The first-order chi connectivity index (χ1) is 13.6. The summed E-state index contributed by atoms with van der Waals surface area (Å²) in [6.45, 7) is 3.41. The van der Waals surface area contributed by atoms with Crippen molar-refractivity contribution < 1.29 is 31.7 Å². The Bertz CT molecular complexity index is 925. The molecule has 0 spiro atoms. The Labute approximate surface area is 169 Å². The van der Waals surface area contributed by atoms with Crippen LogP contribution in [0.3, 0.4) is 0 Å². The van der Waals surface area contributed by atoms with Gasteiger partial charge < -0.3 is 19.0 Å². The van der Waals surface area contributed by atoms with Gasteiger partial charge in [0.2, 0.25) is 0 Å². The summed E-state index contributed by atoms with van der Waals surface area (Å²) in [6, 6.07) is 13.6. The van der Waals surface area contributed by atoms with Gasteiger partial charge in [-0.05, 0) is 37.1 Å². The van der Waals surface area contributed by atoms with Gasteiger partial charge in [-0.25, -0.2) is 9.59 Å². The zero-order valence-electron chi connectivity index (χ0n) is 16.3. The van der Waals surface area contributed by atoms with Crippen molar-refractivity contribution in [2.24, 2.45) is 0 Å². The summed E-state index contributed by atoms with van der Waals surface area (Å²) >= 11 is 0. The third-order valence-electron chi connectivity index (χ3n) is 3.52. The molecule has 2 aromatic carbocycles. The van der Waals surface area contributed by atoms with Gasteiger partial charge in [-0.1, -0.05) is 42.5 Å². The third-order valence-corrected chi connectivity index (χ3v) is 4.02. The van der Waals surface area contributed by atoms with Gasteiger partial charge in [-0.3, -0.25) is 0 Å². The number of carbonyl (C=O) groups excluding carboxylic acids is 2. The fourth-order valence-electron chi connectivity index (χ4n) is 2.35. The zero-order valence-corrected chi connectivity index (χ0v) is 17.1. The molecule has 0 aliphatic rings. The Balaban J connectivity index is 2.12. The van der Waals surface area contributed by atoms with E-state index in [4.69, 9.17) is 13.7 Å². The van der Waals surface area contributed by atoms with E-state index in [1.54, 1.807) is 26.0 Å². The van der Waals surface area contributed by atoms with Crippen molar-refractivity contribution in [3.63, 3.8) is 0 Å². The molecule has 2 aromatic rings. The summed E-state index contributed by atoms with van der Waals surface area (Å²) in [5.41, 5.74) is 1.18. The minimum Gasteiger partial charge on any atom is -0.461 e. The van der Waals surface area contributed by atoms with Crippen molar-refractivity contribution in [3.05, 3.63) is 65.7 Å². The standard InChI is InChI=1S/C20H23NO7S/c1-14(2)27-19(22)18(16-9-11-17(12-10-16)28-29(3,24)25)21-20(23)26-13-15-7-5-4-6-8-15/h4-12,14,18H,13H2,1-3H3,(H,21,23). The van der Waals surface area contributed by atoms with E-state index in [0.29, 0.717) is 5.56 Å². The van der Waals surface area contributed by atoms with Crippen LogP contribution in [0.25, 0.3) is 0 Å². The van der Waals surface area contributed by atoms with E-state index < -0.39 is 28.2 Å². The maximum absolute atomic E-state index is 12.5. The maximum atomic E-state index is 12.5. The molecule has 0 radical (unpaired) electrons. The molecular weight excluding hydrogens is 398 g/mol. The molecule has 0 fully saturated rings. The second kappa shape index (κ2) is 9.92. The first kappa shape index (κ1) is 22.2. The first-order valence-corrected chi connectivity index (χ1v) is 10.6. The Morgan fingerprint density at radius 1 is 1.00 bits per heavy atom. The van der Waals surface area contributed by atoms with E-state index in [9.17, 15) is 18.0 Å². The summed E-state index contributed by atoms with van der Waals surface area (Å²) in [5, 5.41) is 2.48. The van der Waals surface area contributed by atoms with Gasteiger partial charge >= 0.3 is 22.2 Å². The first-order valence-electron chi connectivity index (χ1n) is 8.81. The predicted octanol–water partition coefficient (Wildman–Crippen LogP) is 2.94. The lowest BCUT2D eigenvalue weighted by Crippen LogP contribution is -2.36. The fourth-order valence-corrected chi connectivity index (χ4v) is 2.81. The van der Waals surface area contributed by atoms with Crippen LogP contribution in [0, 0.1) is 0 Å². The molecule has 29 heavy (non-hydrogen) atoms. The zero-order chi connectivity index (χ0) is 21.4. The molecule has 0 saturated heterocycles. The molecule has 9 heteroatoms. The lowest BCUT2D eigenvalue weighted by atomic mass is 10.1. The number of ether oxygens (including phenoxy) is 2. The fraction of sp³-hybridized carbons (Fsp3) is 0.300. The number of alkyl carbamates (subject to hydrolysis) is 1. The quantitative estimate of drug-likeness (QED) is 0.516. The predicted molar refractivity (Wildman–Crippen MR) is 106 cm³/mol. The number of nitrogens with one attached hydrogen (secondary N) is 1. The Hall–Kier alpha value is -3.07. The highest BCUT2D eigenvalue weighted by atomic mass is 32.2. The maximum Gasteiger partial charge on any atom is 0.408 e. The Kier molecular flexibility index (Phi) is 7.60. The van der Waals surface area contributed by atoms with Gasteiger partial charge in [0.05, 0.1) is 12.4 Å². The Morgan fingerprint density at radius 2 is 1.62 bits per heavy atom. The van der Waals surface area contributed by atoms with Crippen molar-refractivity contribution in [2.75, 3.05) is 6.26 Å². The molecule has 1 amide bonds. The molecule has 0 aromatic heterocycles. The topological polar surface area (TPSA) is 108 Å². The number of benzene rings is 2. The van der Waals surface area contributed by atoms with Crippen molar-refractivity contribution in [3.8, 4) is 5.75 Å². The number of hydrogen-bond donors (Lipinski definition) is 1. The molecule has 2 rings (SSSR count). The highest BCUT2D eigenvalue weighted by Crippen LogP contribution is 2.21. The van der Waals surface area contributed by atoms with Crippen LogP contribution in [0.1, 0.15) is 31.0 Å². The van der Waals surface area contributed by atoms with Gasteiger partial charge in [0, 0.05) is 0 Å². The van der Waals surface area contributed by atoms with Crippen molar-refractivity contribution in [1.82, 2.24) is 5.32 Å². The molecule has 1 unspecified atom stereocenters. The normalized spacial score (nSPS) is 12.1. The monoisotopic (exact) mass is 421 g/mol. The van der Waals surface area contributed by atoms with Crippen LogP contribution in [0.15, 0.2) is 54.6 Å². The SMILES string of the molecule is CC(C)OC(=O)C(NC(=O)OCc1ccccc1)c1ccc(OS(C)(=O)=O)cc1. The van der Waals surface area contributed by atoms with E-state index in [1.807, 2.05) is 18.2 Å². The van der Waals surface area contributed by atoms with E-state index in [-0.39, 0.29) is 18.5 Å². The summed E-state index contributed by atoms with van der Waals surface area (Å²) in [4.78, 5) is 24.7. The molecule has 8 nitrogen and oxygen atoms in total. The molecule has 0 aliphatic heterocycles. The molecule has 1 N–H and O–H groups in total. The number of carbonyl (C=O) groups is 2. The molecule has 0 heterocycles. The molecule has 1 atom stereocenters. The highest BCUT2D eigenvalue weighted by molar-refractivity contribution is 7.86. The summed E-state index contributed by atoms with van der Waals surface area (Å²) in [5.74, 6) is -0.590. The van der Waals surface area contributed by atoms with E-state index in [1.165, 1.54) is 24.3 Å². The van der Waals surface area contributed by atoms with Gasteiger partial charge in [0.1, 0.15) is 12.4 Å². The van der Waals surface area contributed by atoms with Crippen molar-refractivity contribution in [1.29, 1.82) is 0 Å². The minimum atomic E-state index is -3.68. The molecule has 156 valence electrons. The number of hydrogen-bond acceptors (Lipinski definition) is 7. The second-order valence-corrected chi connectivity index (χ2v) is 8.06. The summed E-state index contributed by atoms with van der Waals surface area (Å²) in [6.07, 6.45) is -0.260. The lowest BCUT2D eigenvalue weighted by molar-refractivity contribution is -0.150. The largest absolute Gasteiger partial charge is 0.461 e. The molecule has 0 aliphatic carbocycles. The van der Waals surface area contributed by atoms with E-state index >= 15 is 0 Å². The van der Waals surface area contributed by atoms with Gasteiger partial charge in [-0.15, -0.1) is 0 Å². The average Bonchev–Trinajstić information content (AvgIpc) is 2.64. The second-order valence-electron chi connectivity index (χ2n) is 6.48. The minimum absolute atomic E-state index is 0.0414. The highest BCUT2D eigenvalue weighted by Gasteiger charge is 2.26.